The third-order valence-corrected chi connectivity index (χ3v) is 19.8. The largest absolute Gasteiger partial charge is 0.394 e. The van der Waals surface area contributed by atoms with Crippen LogP contribution in [0, 0.1) is 0 Å². The van der Waals surface area contributed by atoms with Gasteiger partial charge in [0.2, 0.25) is 5.91 Å². The van der Waals surface area contributed by atoms with Crippen molar-refractivity contribution in [2.45, 2.75) is 455 Å². The number of unbranched alkanes of at least 4 members (excludes halogenated alkanes) is 52. The molecule has 1 aliphatic rings. The van der Waals surface area contributed by atoms with Gasteiger partial charge in [-0.1, -0.05) is 414 Å². The van der Waals surface area contributed by atoms with Crippen molar-refractivity contribution < 1.29 is 39.8 Å². The van der Waals surface area contributed by atoms with Gasteiger partial charge in [-0.25, -0.2) is 0 Å². The van der Waals surface area contributed by atoms with Crippen molar-refractivity contribution in [1.29, 1.82) is 0 Å². The Morgan fingerprint density at radius 1 is 0.368 bits per heavy atom. The van der Waals surface area contributed by atoms with Crippen LogP contribution in [0.2, 0.25) is 0 Å². The second-order valence-electron chi connectivity index (χ2n) is 28.9. The van der Waals surface area contributed by atoms with Crippen molar-refractivity contribution in [3.8, 4) is 0 Å². The first-order valence-corrected chi connectivity index (χ1v) is 41.6. The minimum atomic E-state index is -1.56. The number of aliphatic hydroxyl groups is 5. The van der Waals surface area contributed by atoms with E-state index in [2.05, 4.69) is 92.1 Å². The molecule has 1 amide bonds. The summed E-state index contributed by atoms with van der Waals surface area (Å²) in [5.41, 5.74) is 0. The van der Waals surface area contributed by atoms with E-state index >= 15 is 0 Å². The van der Waals surface area contributed by atoms with E-state index in [9.17, 15) is 30.3 Å². The van der Waals surface area contributed by atoms with Gasteiger partial charge in [0.1, 0.15) is 24.4 Å². The molecule has 0 saturated carbocycles. The Morgan fingerprint density at radius 2 is 0.653 bits per heavy atom. The number of hydrogen-bond acceptors (Lipinski definition) is 8. The van der Waals surface area contributed by atoms with Crippen LogP contribution in [0.15, 0.2) is 72.9 Å². The van der Waals surface area contributed by atoms with Crippen LogP contribution in [0.25, 0.3) is 0 Å². The monoisotopic (exact) mass is 1330 g/mol. The molecule has 9 heteroatoms. The predicted octanol–water partition coefficient (Wildman–Crippen LogP) is 24.2. The summed E-state index contributed by atoms with van der Waals surface area (Å²) < 4.78 is 11.4. The van der Waals surface area contributed by atoms with E-state index in [0.29, 0.717) is 12.8 Å². The topological polar surface area (TPSA) is 149 Å². The number of amides is 1. The van der Waals surface area contributed by atoms with Crippen molar-refractivity contribution >= 4 is 5.91 Å². The number of hydrogen-bond donors (Lipinski definition) is 6. The van der Waals surface area contributed by atoms with Crippen molar-refractivity contribution in [2.24, 2.45) is 0 Å². The van der Waals surface area contributed by atoms with Crippen molar-refractivity contribution in [3.05, 3.63) is 72.9 Å². The molecule has 9 nitrogen and oxygen atoms in total. The highest BCUT2D eigenvalue weighted by atomic mass is 16.7. The van der Waals surface area contributed by atoms with E-state index < -0.39 is 49.5 Å². The van der Waals surface area contributed by atoms with Gasteiger partial charge >= 0.3 is 0 Å². The zero-order valence-corrected chi connectivity index (χ0v) is 62.7. The lowest BCUT2D eigenvalue weighted by Gasteiger charge is -2.40. The zero-order valence-electron chi connectivity index (χ0n) is 62.7. The van der Waals surface area contributed by atoms with Crippen LogP contribution in [0.5, 0.6) is 0 Å². The van der Waals surface area contributed by atoms with Crippen LogP contribution in [0.3, 0.4) is 0 Å². The average Bonchev–Trinajstić information content (AvgIpc) is 0.836. The Balaban J connectivity index is 2.04. The summed E-state index contributed by atoms with van der Waals surface area (Å²) in [5.74, 6) is -0.137. The van der Waals surface area contributed by atoms with Gasteiger partial charge in [-0.3, -0.25) is 4.79 Å². The van der Waals surface area contributed by atoms with Crippen LogP contribution in [-0.2, 0) is 14.3 Å². The average molecular weight is 1340 g/mol. The summed E-state index contributed by atoms with van der Waals surface area (Å²) >= 11 is 0. The molecule has 0 aromatic rings. The Labute approximate surface area is 589 Å². The number of carbonyl (C=O) groups is 1. The van der Waals surface area contributed by atoms with Crippen molar-refractivity contribution in [2.75, 3.05) is 13.2 Å². The minimum Gasteiger partial charge on any atom is -0.394 e. The fourth-order valence-corrected chi connectivity index (χ4v) is 13.4. The lowest BCUT2D eigenvalue weighted by molar-refractivity contribution is -0.302. The second-order valence-corrected chi connectivity index (χ2v) is 28.9. The molecule has 0 aromatic carbocycles. The maximum Gasteiger partial charge on any atom is 0.220 e. The third kappa shape index (κ3) is 62.4. The Morgan fingerprint density at radius 3 is 0.968 bits per heavy atom. The van der Waals surface area contributed by atoms with E-state index in [4.69, 9.17) is 9.47 Å². The van der Waals surface area contributed by atoms with E-state index in [-0.39, 0.29) is 12.5 Å². The molecule has 0 bridgehead atoms. The van der Waals surface area contributed by atoms with Crippen molar-refractivity contribution in [3.63, 3.8) is 0 Å². The fourth-order valence-electron chi connectivity index (χ4n) is 13.4. The molecule has 1 heterocycles. The molecular formula is C86H159NO8. The van der Waals surface area contributed by atoms with Gasteiger partial charge < -0.3 is 40.3 Å². The molecule has 1 saturated heterocycles. The summed E-state index contributed by atoms with van der Waals surface area (Å²) in [5, 5.41) is 55.2. The first-order chi connectivity index (χ1) is 46.8. The third-order valence-electron chi connectivity index (χ3n) is 19.8. The van der Waals surface area contributed by atoms with E-state index in [1.807, 2.05) is 0 Å². The molecule has 1 rings (SSSR count). The molecule has 0 radical (unpaired) electrons. The summed E-state index contributed by atoms with van der Waals surface area (Å²) in [6.07, 6.45) is 98.8. The van der Waals surface area contributed by atoms with Gasteiger partial charge in [0.25, 0.3) is 0 Å². The predicted molar refractivity (Wildman–Crippen MR) is 410 cm³/mol. The maximum atomic E-state index is 13.2. The standard InChI is InChI=1S/C86H159NO8/c1-3-5-7-9-11-13-15-17-19-21-23-25-27-29-31-33-35-37-38-39-40-41-42-44-46-48-50-52-54-56-58-60-62-64-66-68-70-72-74-76-82(90)87-79(78-94-86-85(93)84(92)83(91)81(77-88)95-86)80(89)75-73-71-69-67-65-63-61-59-57-55-53-51-49-47-45-43-36-34-32-30-28-26-24-22-20-18-16-14-12-10-8-6-4-2/h5,7,11,13,17,19,23,25,29,31,35,37,79-81,83-86,88-89,91-93H,3-4,6,8-10,12,14-16,18,20-22,24,26-28,30,32-34,36,38-78H2,1-2H3,(H,87,90)/b7-5-,13-11-,19-17-,25-23-,31-29-,37-35-. The van der Waals surface area contributed by atoms with Crippen LogP contribution in [0.1, 0.15) is 412 Å². The molecule has 0 spiro atoms. The zero-order chi connectivity index (χ0) is 68.5. The molecule has 7 atom stereocenters. The molecule has 1 fully saturated rings. The highest BCUT2D eigenvalue weighted by molar-refractivity contribution is 5.76. The number of allylic oxidation sites excluding steroid dienone is 12. The molecule has 95 heavy (non-hydrogen) atoms. The molecule has 0 aromatic heterocycles. The molecule has 556 valence electrons. The first kappa shape index (κ1) is 90.6. The molecule has 7 unspecified atom stereocenters. The van der Waals surface area contributed by atoms with Gasteiger partial charge in [0, 0.05) is 6.42 Å². The normalized spacial score (nSPS) is 17.8. The Hall–Kier alpha value is -2.37. The Bertz CT molecular complexity index is 1740. The minimum absolute atomic E-state index is 0.135. The molecule has 0 aliphatic carbocycles. The summed E-state index contributed by atoms with van der Waals surface area (Å²) in [6, 6.07) is -0.722. The number of ether oxygens (including phenoxy) is 2. The van der Waals surface area contributed by atoms with Crippen LogP contribution in [0.4, 0.5) is 0 Å². The highest BCUT2D eigenvalue weighted by Gasteiger charge is 2.44. The van der Waals surface area contributed by atoms with Crippen molar-refractivity contribution in [1.82, 2.24) is 5.32 Å². The summed E-state index contributed by atoms with van der Waals surface area (Å²) in [6.45, 7) is 3.78. The Kier molecular flexibility index (Phi) is 70.9. The lowest BCUT2D eigenvalue weighted by Crippen LogP contribution is -2.60. The van der Waals surface area contributed by atoms with Gasteiger partial charge in [0.05, 0.1) is 25.4 Å². The first-order valence-electron chi connectivity index (χ1n) is 41.6. The van der Waals surface area contributed by atoms with Gasteiger partial charge in [-0.15, -0.1) is 0 Å². The van der Waals surface area contributed by atoms with Crippen LogP contribution < -0.4 is 5.32 Å². The van der Waals surface area contributed by atoms with Gasteiger partial charge in [0.15, 0.2) is 6.29 Å². The smallest absolute Gasteiger partial charge is 0.220 e. The number of aliphatic hydroxyl groups excluding tert-OH is 5. The fraction of sp³-hybridized carbons (Fsp3) is 0.849. The molecular weight excluding hydrogens is 1170 g/mol. The van der Waals surface area contributed by atoms with E-state index in [0.717, 1.165) is 77.0 Å². The maximum absolute atomic E-state index is 13.2. The SMILES string of the molecule is CC/C=C\C/C=C\C/C=C\C/C=C\C/C=C\C/C=C\CCCCCCCCCCCCCCCCCCCCCCC(=O)NC(COC1OC(CO)C(O)C(O)C1O)C(O)CCCCCCCCCCCCCCCCCCCCCCCCCCCCCCCCCCC. The van der Waals surface area contributed by atoms with E-state index in [1.165, 1.54) is 308 Å². The number of nitrogens with one attached hydrogen (secondary N) is 1. The van der Waals surface area contributed by atoms with Crippen LogP contribution >= 0.6 is 0 Å². The quantitative estimate of drug-likeness (QED) is 0.0261. The van der Waals surface area contributed by atoms with Gasteiger partial charge in [-0.05, 0) is 64.2 Å². The summed E-state index contributed by atoms with van der Waals surface area (Å²) in [4.78, 5) is 13.2. The highest BCUT2D eigenvalue weighted by Crippen LogP contribution is 2.24. The van der Waals surface area contributed by atoms with Crippen LogP contribution in [-0.4, -0.2) is 87.5 Å². The summed E-state index contributed by atoms with van der Waals surface area (Å²) in [7, 11) is 0. The number of carbonyl (C=O) groups excluding carboxylic acids is 1. The van der Waals surface area contributed by atoms with E-state index in [1.54, 1.807) is 0 Å². The second kappa shape index (κ2) is 74.3. The molecule has 1 aliphatic heterocycles. The number of rotatable bonds is 74. The molecule has 6 N–H and O–H groups in total. The lowest BCUT2D eigenvalue weighted by atomic mass is 9.99. The van der Waals surface area contributed by atoms with Gasteiger partial charge in [-0.2, -0.15) is 0 Å².